The Labute approximate surface area is 113 Å². The Kier molecular flexibility index (Phi) is 2.92. The second-order valence-electron chi connectivity index (χ2n) is 4.82. The van der Waals surface area contributed by atoms with Crippen LogP contribution in [0.5, 0.6) is 0 Å². The minimum atomic E-state index is 1.12. The lowest BCUT2D eigenvalue weighted by molar-refractivity contribution is -0.599. The van der Waals surface area contributed by atoms with Crippen molar-refractivity contribution in [1.29, 1.82) is 0 Å². The summed E-state index contributed by atoms with van der Waals surface area (Å²) in [4.78, 5) is 0. The first-order chi connectivity index (χ1) is 9.22. The fraction of sp³-hybridized carbons (Fsp3) is 0.118. The molecule has 0 saturated carbocycles. The van der Waals surface area contributed by atoms with Crippen LogP contribution in [0.1, 0.15) is 11.1 Å². The van der Waals surface area contributed by atoms with E-state index < -0.39 is 0 Å². The third-order valence-electron chi connectivity index (χ3n) is 3.10. The maximum absolute atomic E-state index is 3.33. The molecule has 0 unspecified atom stereocenters. The summed E-state index contributed by atoms with van der Waals surface area (Å²) in [6.45, 7) is 4.23. The summed E-state index contributed by atoms with van der Waals surface area (Å²) < 4.78 is 4.02. The van der Waals surface area contributed by atoms with E-state index in [1.54, 1.807) is 0 Å². The summed E-state index contributed by atoms with van der Waals surface area (Å²) in [5.74, 6) is 0. The van der Waals surface area contributed by atoms with Gasteiger partial charge in [0.1, 0.15) is 0 Å². The molecule has 2 aromatic carbocycles. The molecule has 3 aromatic rings. The second kappa shape index (κ2) is 4.73. The number of hydrogen-bond acceptors (Lipinski definition) is 0. The summed E-state index contributed by atoms with van der Waals surface area (Å²) in [7, 11) is 0. The van der Waals surface area contributed by atoms with Gasteiger partial charge in [-0.15, -0.1) is 0 Å². The lowest BCUT2D eigenvalue weighted by Gasteiger charge is -2.04. The molecule has 1 aromatic heterocycles. The fourth-order valence-electron chi connectivity index (χ4n) is 2.28. The van der Waals surface area contributed by atoms with Crippen LogP contribution >= 0.6 is 0 Å². The van der Waals surface area contributed by atoms with Crippen LogP contribution < -0.4 is 4.57 Å². The minimum Gasteiger partial charge on any atom is -0.299 e. The molecule has 0 bridgehead atoms. The Morgan fingerprint density at radius 3 is 2.32 bits per heavy atom. The second-order valence-corrected chi connectivity index (χ2v) is 4.82. The third-order valence-corrected chi connectivity index (χ3v) is 3.10. The predicted octanol–water partition coefficient (Wildman–Crippen LogP) is 3.17. The smallest absolute Gasteiger partial charge is 0.268 e. The quantitative estimate of drug-likeness (QED) is 0.486. The number of aromatic nitrogens is 2. The minimum absolute atomic E-state index is 1.12. The summed E-state index contributed by atoms with van der Waals surface area (Å²) in [6, 6.07) is 16.7. The van der Waals surface area contributed by atoms with Gasteiger partial charge in [0.05, 0.1) is 11.4 Å². The van der Waals surface area contributed by atoms with Crippen LogP contribution in [-0.4, -0.2) is 4.57 Å². The molecule has 3 rings (SSSR count). The first kappa shape index (κ1) is 11.7. The zero-order valence-electron chi connectivity index (χ0n) is 11.2. The number of nitrogens with zero attached hydrogens (tertiary/aromatic N) is 2. The Balaban J connectivity index is 2.02. The molecule has 0 saturated heterocycles. The highest BCUT2D eigenvalue weighted by Gasteiger charge is 2.03. The standard InChI is InChI=1S/C17H16N2/c1-14-10-15(2)12-17(11-14)19-9-8-18(13-19)16-6-4-3-5-7-16/h3-12H,1-2H3. The summed E-state index contributed by atoms with van der Waals surface area (Å²) >= 11 is 0. The van der Waals surface area contributed by atoms with Gasteiger partial charge in [0.2, 0.25) is 0 Å². The average molecular weight is 248 g/mol. The highest BCUT2D eigenvalue weighted by molar-refractivity contribution is 5.39. The third kappa shape index (κ3) is 2.43. The zero-order chi connectivity index (χ0) is 13.2. The predicted molar refractivity (Wildman–Crippen MR) is 75.6 cm³/mol. The van der Waals surface area contributed by atoms with Crippen molar-refractivity contribution in [2.45, 2.75) is 13.8 Å². The lowest BCUT2D eigenvalue weighted by Crippen LogP contribution is -2.27. The molecule has 0 spiro atoms. The largest absolute Gasteiger partial charge is 0.299 e. The van der Waals surface area contributed by atoms with E-state index in [4.69, 9.17) is 0 Å². The molecule has 0 aliphatic carbocycles. The van der Waals surface area contributed by atoms with Crippen molar-refractivity contribution in [1.82, 2.24) is 4.57 Å². The Bertz CT molecular complexity index is 676. The first-order valence-corrected chi connectivity index (χ1v) is 6.39. The van der Waals surface area contributed by atoms with E-state index in [1.165, 1.54) is 11.1 Å². The van der Waals surface area contributed by atoms with Gasteiger partial charge in [0.25, 0.3) is 6.33 Å². The Hall–Kier alpha value is -2.35. The van der Waals surface area contributed by atoms with Crippen LogP contribution in [0, 0.1) is 20.2 Å². The highest BCUT2D eigenvalue weighted by atomic mass is 15.1. The van der Waals surface area contributed by atoms with E-state index >= 15 is 0 Å². The van der Waals surface area contributed by atoms with Gasteiger partial charge >= 0.3 is 0 Å². The molecule has 19 heavy (non-hydrogen) atoms. The number of benzene rings is 2. The van der Waals surface area contributed by atoms with Gasteiger partial charge in [-0.1, -0.05) is 35.4 Å². The number of hydrogen-bond donors (Lipinski definition) is 0. The van der Waals surface area contributed by atoms with E-state index in [0.29, 0.717) is 0 Å². The molecule has 0 aliphatic heterocycles. The van der Waals surface area contributed by atoms with Crippen molar-refractivity contribution in [3.8, 4) is 11.4 Å². The average Bonchev–Trinajstić information content (AvgIpc) is 2.88. The van der Waals surface area contributed by atoms with Crippen LogP contribution in [0.2, 0.25) is 0 Å². The van der Waals surface area contributed by atoms with Gasteiger partial charge in [-0.2, -0.15) is 0 Å². The molecular weight excluding hydrogens is 232 g/mol. The summed E-state index contributed by atoms with van der Waals surface area (Å²) in [6.07, 6.45) is 7.38. The molecule has 2 nitrogen and oxygen atoms in total. The number of para-hydroxylation sites is 1. The molecule has 94 valence electrons. The highest BCUT2D eigenvalue weighted by Crippen LogP contribution is 2.12. The van der Waals surface area contributed by atoms with Crippen LogP contribution in [0.25, 0.3) is 11.4 Å². The Morgan fingerprint density at radius 1 is 0.947 bits per heavy atom. The van der Waals surface area contributed by atoms with Crippen molar-refractivity contribution in [2.75, 3.05) is 0 Å². The number of imidazole rings is 1. The maximum Gasteiger partial charge on any atom is 0.268 e. The fourth-order valence-corrected chi connectivity index (χ4v) is 2.28. The van der Waals surface area contributed by atoms with E-state index in [1.807, 2.05) is 39.7 Å². The van der Waals surface area contributed by atoms with E-state index in [9.17, 15) is 0 Å². The molecule has 0 atom stereocenters. The van der Waals surface area contributed by atoms with Gasteiger partial charge in [0.15, 0.2) is 0 Å². The van der Waals surface area contributed by atoms with Crippen LogP contribution in [-0.2, 0) is 0 Å². The Morgan fingerprint density at radius 2 is 1.63 bits per heavy atom. The molecule has 2 heteroatoms. The van der Waals surface area contributed by atoms with Crippen LogP contribution in [0.4, 0.5) is 0 Å². The van der Waals surface area contributed by atoms with Gasteiger partial charge in [-0.3, -0.25) is 9.13 Å². The zero-order valence-corrected chi connectivity index (χ0v) is 11.2. The van der Waals surface area contributed by atoms with Crippen molar-refractivity contribution < 1.29 is 4.57 Å². The molecule has 1 heterocycles. The van der Waals surface area contributed by atoms with Crippen molar-refractivity contribution in [3.05, 3.63) is 78.4 Å². The van der Waals surface area contributed by atoms with Gasteiger partial charge in [0, 0.05) is 12.4 Å². The van der Waals surface area contributed by atoms with Crippen LogP contribution in [0.3, 0.4) is 0 Å². The van der Waals surface area contributed by atoms with E-state index in [-0.39, 0.29) is 0 Å². The monoisotopic (exact) mass is 248 g/mol. The lowest BCUT2D eigenvalue weighted by atomic mass is 10.1. The molecule has 0 fully saturated rings. The van der Waals surface area contributed by atoms with Gasteiger partial charge in [-0.05, 0) is 38.1 Å². The molecule has 0 N–H and O–H groups in total. The topological polar surface area (TPSA) is 8.81 Å². The van der Waals surface area contributed by atoms with E-state index in [2.05, 4.69) is 50.5 Å². The van der Waals surface area contributed by atoms with E-state index in [0.717, 1.165) is 11.4 Å². The van der Waals surface area contributed by atoms with Crippen molar-refractivity contribution >= 4 is 0 Å². The molecular formula is C17H16N2. The van der Waals surface area contributed by atoms with Crippen molar-refractivity contribution in [3.63, 3.8) is 0 Å². The molecule has 0 amide bonds. The number of aryl methyl sites for hydroxylation is 2. The van der Waals surface area contributed by atoms with Gasteiger partial charge < -0.3 is 0 Å². The molecule has 0 aliphatic rings. The van der Waals surface area contributed by atoms with Crippen LogP contribution in [0.15, 0.2) is 60.9 Å². The molecule has 0 radical (unpaired) electrons. The summed E-state index contributed by atoms with van der Waals surface area (Å²) in [5.41, 5.74) is 4.80. The number of rotatable bonds is 2. The normalized spacial score (nSPS) is 10.6. The summed E-state index contributed by atoms with van der Waals surface area (Å²) in [5, 5.41) is 0. The van der Waals surface area contributed by atoms with Gasteiger partial charge in [-0.25, -0.2) is 0 Å². The maximum atomic E-state index is 3.33. The first-order valence-electron chi connectivity index (χ1n) is 6.39. The van der Waals surface area contributed by atoms with Crippen molar-refractivity contribution in [2.24, 2.45) is 0 Å². The SMILES string of the molecule is Cc1cc(C)cc(-n2[c-][n+](-c3ccccc3)cc2)c1.